The van der Waals surface area contributed by atoms with E-state index in [9.17, 15) is 0 Å². The van der Waals surface area contributed by atoms with Crippen molar-refractivity contribution in [3.05, 3.63) is 66.9 Å². The molecular formula is C22H23N5O. The van der Waals surface area contributed by atoms with Crippen LogP contribution in [0.3, 0.4) is 0 Å². The van der Waals surface area contributed by atoms with Crippen LogP contribution in [-0.2, 0) is 0 Å². The number of hydrogen-bond acceptors (Lipinski definition) is 5. The van der Waals surface area contributed by atoms with E-state index >= 15 is 0 Å². The second-order valence-electron chi connectivity index (χ2n) is 6.52. The Labute approximate surface area is 164 Å². The lowest BCUT2D eigenvalue weighted by Gasteiger charge is -2.13. The third kappa shape index (κ3) is 4.23. The zero-order chi connectivity index (χ0) is 19.2. The first-order valence-electron chi connectivity index (χ1n) is 9.48. The predicted octanol–water partition coefficient (Wildman–Crippen LogP) is 5.62. The maximum atomic E-state index is 5.74. The fraction of sp³-hybridized carbons (Fsp3) is 0.182. The van der Waals surface area contributed by atoms with Gasteiger partial charge in [0.15, 0.2) is 0 Å². The number of ether oxygens (including phenoxy) is 1. The van der Waals surface area contributed by atoms with Crippen molar-refractivity contribution >= 4 is 33.9 Å². The van der Waals surface area contributed by atoms with Crippen LogP contribution in [0.5, 0.6) is 5.75 Å². The number of anilines is 4. The smallest absolute Gasteiger partial charge is 0.140 e. The van der Waals surface area contributed by atoms with Crippen LogP contribution < -0.4 is 15.4 Å². The highest BCUT2D eigenvalue weighted by Crippen LogP contribution is 2.29. The van der Waals surface area contributed by atoms with Gasteiger partial charge in [-0.25, -0.2) is 4.98 Å². The van der Waals surface area contributed by atoms with E-state index in [0.29, 0.717) is 0 Å². The zero-order valence-electron chi connectivity index (χ0n) is 15.8. The van der Waals surface area contributed by atoms with Crippen LogP contribution in [0.15, 0.2) is 66.9 Å². The second kappa shape index (κ2) is 8.43. The lowest BCUT2D eigenvalue weighted by Crippen LogP contribution is -2.00. The minimum absolute atomic E-state index is 0.741. The number of benzene rings is 2. The lowest BCUT2D eigenvalue weighted by atomic mass is 10.1. The van der Waals surface area contributed by atoms with Gasteiger partial charge in [0, 0.05) is 17.1 Å². The van der Waals surface area contributed by atoms with Crippen LogP contribution in [0.2, 0.25) is 0 Å². The molecule has 0 aliphatic rings. The molecule has 142 valence electrons. The van der Waals surface area contributed by atoms with Gasteiger partial charge >= 0.3 is 0 Å². The van der Waals surface area contributed by atoms with Crippen LogP contribution >= 0.6 is 0 Å². The van der Waals surface area contributed by atoms with Gasteiger partial charge in [-0.1, -0.05) is 37.6 Å². The predicted molar refractivity (Wildman–Crippen MR) is 114 cm³/mol. The largest absolute Gasteiger partial charge is 0.494 e. The Morgan fingerprint density at radius 1 is 1.00 bits per heavy atom. The van der Waals surface area contributed by atoms with E-state index in [-0.39, 0.29) is 0 Å². The van der Waals surface area contributed by atoms with Gasteiger partial charge in [-0.3, -0.25) is 5.10 Å². The zero-order valence-corrected chi connectivity index (χ0v) is 15.8. The average Bonchev–Trinajstić information content (AvgIpc) is 3.22. The van der Waals surface area contributed by atoms with Crippen LogP contribution in [-0.4, -0.2) is 21.8 Å². The van der Waals surface area contributed by atoms with Crippen molar-refractivity contribution in [1.29, 1.82) is 0 Å². The third-order valence-electron chi connectivity index (χ3n) is 4.39. The fourth-order valence-electron chi connectivity index (χ4n) is 2.93. The summed E-state index contributed by atoms with van der Waals surface area (Å²) in [5.41, 5.74) is 0.958. The van der Waals surface area contributed by atoms with Gasteiger partial charge < -0.3 is 15.4 Å². The Morgan fingerprint density at radius 3 is 2.64 bits per heavy atom. The van der Waals surface area contributed by atoms with E-state index in [0.717, 1.165) is 59.1 Å². The first-order chi connectivity index (χ1) is 13.8. The Balaban J connectivity index is 1.58. The molecule has 4 aromatic rings. The summed E-state index contributed by atoms with van der Waals surface area (Å²) in [5.74, 6) is 3.21. The SMILES string of the molecule is CCCCOc1ccc(Nc2nc(Nc3ccn[nH]3)cc3ccccc23)cc1. The topological polar surface area (TPSA) is 74.9 Å². The summed E-state index contributed by atoms with van der Waals surface area (Å²) in [6.45, 7) is 2.90. The van der Waals surface area contributed by atoms with E-state index in [1.54, 1.807) is 6.20 Å². The molecular weight excluding hydrogens is 350 g/mol. The third-order valence-corrected chi connectivity index (χ3v) is 4.39. The van der Waals surface area contributed by atoms with Crippen molar-refractivity contribution in [3.8, 4) is 5.75 Å². The maximum Gasteiger partial charge on any atom is 0.140 e. The van der Waals surface area contributed by atoms with Crippen molar-refractivity contribution in [2.45, 2.75) is 19.8 Å². The standard InChI is InChI=1S/C22H23N5O/c1-2-3-14-28-18-10-8-17(9-11-18)24-22-19-7-5-4-6-16(19)15-21(26-22)25-20-12-13-23-27-20/h4-13,15H,2-3,14H2,1H3,(H3,23,24,25,26,27). The maximum absolute atomic E-state index is 5.74. The highest BCUT2D eigenvalue weighted by Gasteiger charge is 2.07. The summed E-state index contributed by atoms with van der Waals surface area (Å²) in [7, 11) is 0. The molecule has 0 radical (unpaired) electrons. The highest BCUT2D eigenvalue weighted by molar-refractivity contribution is 5.95. The second-order valence-corrected chi connectivity index (χ2v) is 6.52. The number of hydrogen-bond donors (Lipinski definition) is 3. The molecule has 2 aromatic heterocycles. The molecule has 0 spiro atoms. The molecule has 2 heterocycles. The molecule has 0 unspecified atom stereocenters. The molecule has 0 fully saturated rings. The molecule has 4 rings (SSSR count). The number of aromatic nitrogens is 3. The Morgan fingerprint density at radius 2 is 1.86 bits per heavy atom. The molecule has 0 saturated carbocycles. The first-order valence-corrected chi connectivity index (χ1v) is 9.48. The Hall–Kier alpha value is -3.54. The van der Waals surface area contributed by atoms with Gasteiger partial charge in [0.25, 0.3) is 0 Å². The Bertz CT molecular complexity index is 1030. The van der Waals surface area contributed by atoms with E-state index in [1.165, 1.54) is 0 Å². The Kier molecular flexibility index (Phi) is 5.38. The normalized spacial score (nSPS) is 10.8. The molecule has 0 aliphatic carbocycles. The number of nitrogens with zero attached hydrogens (tertiary/aromatic N) is 2. The summed E-state index contributed by atoms with van der Waals surface area (Å²) in [6, 6.07) is 20.0. The van der Waals surface area contributed by atoms with E-state index in [2.05, 4.69) is 39.9 Å². The number of unbranched alkanes of at least 4 members (excludes halogenated alkanes) is 1. The number of fused-ring (bicyclic) bond motifs is 1. The highest BCUT2D eigenvalue weighted by atomic mass is 16.5. The quantitative estimate of drug-likeness (QED) is 0.349. The van der Waals surface area contributed by atoms with Crippen LogP contribution in [0, 0.1) is 0 Å². The molecule has 0 saturated heterocycles. The molecule has 6 nitrogen and oxygen atoms in total. The van der Waals surface area contributed by atoms with Crippen LogP contribution in [0.1, 0.15) is 19.8 Å². The van der Waals surface area contributed by atoms with Gasteiger partial charge in [0.2, 0.25) is 0 Å². The lowest BCUT2D eigenvalue weighted by molar-refractivity contribution is 0.309. The van der Waals surface area contributed by atoms with Gasteiger partial charge in [-0.05, 0) is 42.1 Å². The van der Waals surface area contributed by atoms with Crippen molar-refractivity contribution in [2.24, 2.45) is 0 Å². The van der Waals surface area contributed by atoms with Crippen molar-refractivity contribution in [3.63, 3.8) is 0 Å². The van der Waals surface area contributed by atoms with Gasteiger partial charge in [-0.15, -0.1) is 0 Å². The molecule has 0 bridgehead atoms. The minimum atomic E-state index is 0.741. The summed E-state index contributed by atoms with van der Waals surface area (Å²) in [4.78, 5) is 4.75. The number of H-pyrrole nitrogens is 1. The van der Waals surface area contributed by atoms with Crippen molar-refractivity contribution in [1.82, 2.24) is 15.2 Å². The van der Waals surface area contributed by atoms with E-state index < -0.39 is 0 Å². The molecule has 0 amide bonds. The average molecular weight is 373 g/mol. The van der Waals surface area contributed by atoms with Gasteiger partial charge in [0.1, 0.15) is 23.2 Å². The number of aromatic amines is 1. The van der Waals surface area contributed by atoms with E-state index in [4.69, 9.17) is 9.72 Å². The molecule has 6 heteroatoms. The fourth-order valence-corrected chi connectivity index (χ4v) is 2.93. The van der Waals surface area contributed by atoms with Crippen molar-refractivity contribution < 1.29 is 4.74 Å². The summed E-state index contributed by atoms with van der Waals surface area (Å²) < 4.78 is 5.74. The molecule has 0 aliphatic heterocycles. The molecule has 2 aromatic carbocycles. The summed E-state index contributed by atoms with van der Waals surface area (Å²) >= 11 is 0. The van der Waals surface area contributed by atoms with E-state index in [1.807, 2.05) is 48.5 Å². The van der Waals surface area contributed by atoms with Crippen molar-refractivity contribution in [2.75, 3.05) is 17.2 Å². The first kappa shape index (κ1) is 17.9. The van der Waals surface area contributed by atoms with Crippen LogP contribution in [0.4, 0.5) is 23.1 Å². The van der Waals surface area contributed by atoms with Gasteiger partial charge in [-0.2, -0.15) is 5.10 Å². The minimum Gasteiger partial charge on any atom is -0.494 e. The summed E-state index contributed by atoms with van der Waals surface area (Å²) in [6.07, 6.45) is 3.89. The summed E-state index contributed by atoms with van der Waals surface area (Å²) in [5, 5.41) is 15.7. The number of pyridine rings is 1. The molecule has 3 N–H and O–H groups in total. The molecule has 0 atom stereocenters. The monoisotopic (exact) mass is 373 g/mol. The molecule has 28 heavy (non-hydrogen) atoms. The van der Waals surface area contributed by atoms with Crippen LogP contribution in [0.25, 0.3) is 10.8 Å². The number of nitrogens with one attached hydrogen (secondary N) is 3. The van der Waals surface area contributed by atoms with Gasteiger partial charge in [0.05, 0.1) is 12.8 Å². The number of rotatable bonds is 8.